The van der Waals surface area contributed by atoms with Crippen molar-refractivity contribution >= 4 is 10.1 Å². The molecular weight excluding hydrogens is 252 g/mol. The van der Waals surface area contributed by atoms with E-state index in [2.05, 4.69) is 6.92 Å². The van der Waals surface area contributed by atoms with Crippen LogP contribution in [0.25, 0.3) is 0 Å². The molecular formula is C13H28O4S. The molecule has 0 aliphatic rings. The summed E-state index contributed by atoms with van der Waals surface area (Å²) in [6.07, 6.45) is 6.96. The van der Waals surface area contributed by atoms with Gasteiger partial charge in [-0.3, -0.25) is 4.55 Å². The van der Waals surface area contributed by atoms with E-state index in [1.807, 2.05) is 0 Å². The lowest BCUT2D eigenvalue weighted by molar-refractivity contribution is 0.156. The summed E-state index contributed by atoms with van der Waals surface area (Å²) in [6, 6.07) is 0. The second-order valence-corrected chi connectivity index (χ2v) is 6.69. The summed E-state index contributed by atoms with van der Waals surface area (Å²) in [7, 11) is -4.03. The van der Waals surface area contributed by atoms with E-state index in [0.29, 0.717) is 12.8 Å². The van der Waals surface area contributed by atoms with Gasteiger partial charge in [-0.1, -0.05) is 52.4 Å². The van der Waals surface area contributed by atoms with Gasteiger partial charge in [0.2, 0.25) is 0 Å². The lowest BCUT2D eigenvalue weighted by Gasteiger charge is -2.16. The third kappa shape index (κ3) is 8.89. The molecule has 0 saturated heterocycles. The van der Waals surface area contributed by atoms with Crippen LogP contribution in [0.4, 0.5) is 0 Å². The molecule has 0 aliphatic carbocycles. The molecule has 0 bridgehead atoms. The largest absolute Gasteiger partial charge is 0.393 e. The minimum atomic E-state index is -4.03. The molecule has 18 heavy (non-hydrogen) atoms. The molecule has 2 N–H and O–H groups in total. The van der Waals surface area contributed by atoms with Crippen molar-refractivity contribution in [3.05, 3.63) is 0 Å². The Morgan fingerprint density at radius 1 is 1.00 bits per heavy atom. The number of rotatable bonds is 11. The zero-order valence-electron chi connectivity index (χ0n) is 11.6. The summed E-state index contributed by atoms with van der Waals surface area (Å²) in [5.74, 6) is 0. The highest BCUT2D eigenvalue weighted by Crippen LogP contribution is 2.18. The van der Waals surface area contributed by atoms with Crippen LogP contribution in [0.15, 0.2) is 0 Å². The first-order chi connectivity index (χ1) is 8.41. The van der Waals surface area contributed by atoms with Crippen molar-refractivity contribution in [1.29, 1.82) is 0 Å². The Bertz CT molecular complexity index is 287. The molecule has 0 fully saturated rings. The second kappa shape index (κ2) is 9.75. The highest BCUT2D eigenvalue weighted by atomic mass is 32.2. The smallest absolute Gasteiger partial charge is 0.267 e. The second-order valence-electron chi connectivity index (χ2n) is 4.99. The molecule has 0 heterocycles. The number of aliphatic hydroxyl groups excluding tert-OH is 1. The molecule has 2 atom stereocenters. The van der Waals surface area contributed by atoms with Gasteiger partial charge in [0.05, 0.1) is 11.4 Å². The Morgan fingerprint density at radius 2 is 1.56 bits per heavy atom. The van der Waals surface area contributed by atoms with Crippen LogP contribution in [0.3, 0.4) is 0 Å². The van der Waals surface area contributed by atoms with Gasteiger partial charge in [-0.25, -0.2) is 0 Å². The molecule has 0 aromatic carbocycles. The molecule has 110 valence electrons. The molecule has 5 heteroatoms. The van der Waals surface area contributed by atoms with Crippen molar-refractivity contribution in [2.45, 2.75) is 83.0 Å². The van der Waals surface area contributed by atoms with Gasteiger partial charge in [-0.05, 0) is 19.3 Å². The van der Waals surface area contributed by atoms with E-state index in [9.17, 15) is 13.5 Å². The van der Waals surface area contributed by atoms with Gasteiger partial charge >= 0.3 is 0 Å². The minimum absolute atomic E-state index is 0.143. The van der Waals surface area contributed by atoms with E-state index < -0.39 is 21.5 Å². The van der Waals surface area contributed by atoms with Crippen molar-refractivity contribution in [2.75, 3.05) is 0 Å². The fourth-order valence-electron chi connectivity index (χ4n) is 2.01. The summed E-state index contributed by atoms with van der Waals surface area (Å²) < 4.78 is 31.5. The number of hydrogen-bond acceptors (Lipinski definition) is 3. The average Bonchev–Trinajstić information content (AvgIpc) is 2.30. The van der Waals surface area contributed by atoms with Gasteiger partial charge in [-0.15, -0.1) is 0 Å². The van der Waals surface area contributed by atoms with Crippen molar-refractivity contribution in [2.24, 2.45) is 0 Å². The van der Waals surface area contributed by atoms with Crippen LogP contribution in [-0.2, 0) is 10.1 Å². The third-order valence-electron chi connectivity index (χ3n) is 3.31. The molecule has 2 unspecified atom stereocenters. The van der Waals surface area contributed by atoms with Crippen LogP contribution < -0.4 is 0 Å². The van der Waals surface area contributed by atoms with E-state index in [4.69, 9.17) is 4.55 Å². The van der Waals surface area contributed by atoms with Gasteiger partial charge in [0.15, 0.2) is 0 Å². The molecule has 0 aliphatic heterocycles. The minimum Gasteiger partial charge on any atom is -0.393 e. The van der Waals surface area contributed by atoms with Crippen molar-refractivity contribution in [3.8, 4) is 0 Å². The molecule has 0 rings (SSSR count). The van der Waals surface area contributed by atoms with Crippen LogP contribution in [0, 0.1) is 0 Å². The maximum Gasteiger partial charge on any atom is 0.267 e. The molecule has 0 spiro atoms. The summed E-state index contributed by atoms with van der Waals surface area (Å²) in [5.41, 5.74) is 0. The van der Waals surface area contributed by atoms with Gasteiger partial charge in [0.25, 0.3) is 10.1 Å². The lowest BCUT2D eigenvalue weighted by atomic mass is 10.0. The normalized spacial score (nSPS) is 15.6. The van der Waals surface area contributed by atoms with Crippen molar-refractivity contribution < 1.29 is 18.1 Å². The van der Waals surface area contributed by atoms with Crippen LogP contribution in [0.5, 0.6) is 0 Å². The predicted octanol–water partition coefficient (Wildman–Crippen LogP) is 3.15. The summed E-state index contributed by atoms with van der Waals surface area (Å²) in [6.45, 7) is 3.96. The Hall–Kier alpha value is -0.130. The highest BCUT2D eigenvalue weighted by molar-refractivity contribution is 7.86. The topological polar surface area (TPSA) is 74.6 Å². The standard InChI is InChI=1S/C13H28O4S/c1-3-5-6-7-8-9-10-13(18(15,16)17)11-12(14)4-2/h12-14H,3-11H2,1-2H3,(H,15,16,17). The maximum atomic E-state index is 11.2. The Labute approximate surface area is 112 Å². The van der Waals surface area contributed by atoms with Gasteiger partial charge in [0, 0.05) is 0 Å². The predicted molar refractivity (Wildman–Crippen MR) is 74.2 cm³/mol. The van der Waals surface area contributed by atoms with Crippen LogP contribution in [-0.4, -0.2) is 29.4 Å². The van der Waals surface area contributed by atoms with Crippen LogP contribution >= 0.6 is 0 Å². The van der Waals surface area contributed by atoms with E-state index in [1.54, 1.807) is 6.92 Å². The van der Waals surface area contributed by atoms with E-state index in [1.165, 1.54) is 19.3 Å². The zero-order valence-corrected chi connectivity index (χ0v) is 12.5. The van der Waals surface area contributed by atoms with Gasteiger partial charge < -0.3 is 5.11 Å². The first-order valence-electron chi connectivity index (χ1n) is 7.06. The fraction of sp³-hybridized carbons (Fsp3) is 1.00. The Morgan fingerprint density at radius 3 is 2.06 bits per heavy atom. The fourth-order valence-corrected chi connectivity index (χ4v) is 2.94. The third-order valence-corrected chi connectivity index (χ3v) is 4.58. The molecule has 0 amide bonds. The summed E-state index contributed by atoms with van der Waals surface area (Å²) in [5, 5.41) is 8.68. The quantitative estimate of drug-likeness (QED) is 0.450. The lowest BCUT2D eigenvalue weighted by Crippen LogP contribution is -2.25. The number of unbranched alkanes of at least 4 members (excludes halogenated alkanes) is 5. The van der Waals surface area contributed by atoms with E-state index in [0.717, 1.165) is 19.3 Å². The molecule has 0 aromatic rings. The molecule has 0 aromatic heterocycles. The summed E-state index contributed by atoms with van der Waals surface area (Å²) >= 11 is 0. The monoisotopic (exact) mass is 280 g/mol. The molecule has 0 saturated carbocycles. The first kappa shape index (κ1) is 17.9. The van der Waals surface area contributed by atoms with Crippen molar-refractivity contribution in [3.63, 3.8) is 0 Å². The number of aliphatic hydroxyl groups is 1. The Kier molecular flexibility index (Phi) is 9.68. The molecule has 0 radical (unpaired) electrons. The van der Waals surface area contributed by atoms with Gasteiger partial charge in [-0.2, -0.15) is 8.42 Å². The van der Waals surface area contributed by atoms with Gasteiger partial charge in [0.1, 0.15) is 0 Å². The first-order valence-corrected chi connectivity index (χ1v) is 8.56. The van der Waals surface area contributed by atoms with Crippen LogP contribution in [0.1, 0.15) is 71.6 Å². The SMILES string of the molecule is CCCCCCCCC(CC(O)CC)S(=O)(=O)O. The van der Waals surface area contributed by atoms with E-state index in [-0.39, 0.29) is 6.42 Å². The Balaban J connectivity index is 3.96. The van der Waals surface area contributed by atoms with Crippen molar-refractivity contribution in [1.82, 2.24) is 0 Å². The molecule has 4 nitrogen and oxygen atoms in total. The maximum absolute atomic E-state index is 11.2. The highest BCUT2D eigenvalue weighted by Gasteiger charge is 2.24. The summed E-state index contributed by atoms with van der Waals surface area (Å²) in [4.78, 5) is 0. The zero-order chi connectivity index (χ0) is 14.0. The average molecular weight is 280 g/mol. The number of hydrogen-bond donors (Lipinski definition) is 2. The van der Waals surface area contributed by atoms with E-state index >= 15 is 0 Å². The van der Waals surface area contributed by atoms with Crippen LogP contribution in [0.2, 0.25) is 0 Å².